The first-order valence-electron chi connectivity index (χ1n) is 10.1. The first kappa shape index (κ1) is 17.8. The molecule has 0 aliphatic heterocycles. The summed E-state index contributed by atoms with van der Waals surface area (Å²) >= 11 is 0. The van der Waals surface area contributed by atoms with Crippen molar-refractivity contribution >= 4 is 46.3 Å². The molecule has 2 aromatic carbocycles. The smallest absolute Gasteiger partial charge is 0.309 e. The SMILES string of the molecule is CC(C)(O)C(C)(C)OBc1ccc2c3c4c(c5ccccc5n4c2c1)CCC=3. The van der Waals surface area contributed by atoms with Crippen molar-refractivity contribution < 1.29 is 9.76 Å². The molecule has 142 valence electrons. The summed E-state index contributed by atoms with van der Waals surface area (Å²) in [5.74, 6) is 0. The van der Waals surface area contributed by atoms with Crippen molar-refractivity contribution in [2.24, 2.45) is 0 Å². The monoisotopic (exact) mass is 371 g/mol. The van der Waals surface area contributed by atoms with Crippen molar-refractivity contribution in [2.45, 2.75) is 51.7 Å². The zero-order chi connectivity index (χ0) is 19.7. The van der Waals surface area contributed by atoms with Crippen molar-refractivity contribution in [3.8, 4) is 0 Å². The topological polar surface area (TPSA) is 33.9 Å². The lowest BCUT2D eigenvalue weighted by atomic mass is 9.82. The van der Waals surface area contributed by atoms with Crippen LogP contribution in [0.25, 0.3) is 33.4 Å². The average Bonchev–Trinajstić information content (AvgIpc) is 3.17. The summed E-state index contributed by atoms with van der Waals surface area (Å²) in [7, 11) is 0.477. The van der Waals surface area contributed by atoms with Crippen LogP contribution >= 0.6 is 0 Å². The van der Waals surface area contributed by atoms with Gasteiger partial charge in [0.25, 0.3) is 0 Å². The maximum atomic E-state index is 10.4. The van der Waals surface area contributed by atoms with E-state index in [2.05, 4.69) is 52.9 Å². The molecular weight excluding hydrogens is 345 g/mol. The fourth-order valence-corrected chi connectivity index (χ4v) is 4.31. The highest BCUT2D eigenvalue weighted by molar-refractivity contribution is 6.47. The van der Waals surface area contributed by atoms with Gasteiger partial charge in [0.1, 0.15) is 0 Å². The standard InChI is InChI=1S/C24H26BNO2/c1-23(2,27)24(3,4)28-25-15-12-13-17-19-10-7-9-18-16-8-5-6-11-20(16)26(22(18)19)21(17)14-15/h5-6,8,10-14,25,27H,7,9H2,1-4H3. The molecule has 28 heavy (non-hydrogen) atoms. The molecule has 0 bridgehead atoms. The first-order valence-corrected chi connectivity index (χ1v) is 10.1. The Bertz CT molecular complexity index is 1280. The van der Waals surface area contributed by atoms with Crippen molar-refractivity contribution in [1.82, 2.24) is 4.40 Å². The van der Waals surface area contributed by atoms with Crippen LogP contribution < -0.4 is 10.7 Å². The van der Waals surface area contributed by atoms with Gasteiger partial charge in [-0.25, -0.2) is 0 Å². The summed E-state index contributed by atoms with van der Waals surface area (Å²) in [6.45, 7) is 7.46. The van der Waals surface area contributed by atoms with Gasteiger partial charge >= 0.3 is 7.48 Å². The Morgan fingerprint density at radius 1 is 1.00 bits per heavy atom. The fourth-order valence-electron chi connectivity index (χ4n) is 4.31. The second-order valence-corrected chi connectivity index (χ2v) is 9.05. The van der Waals surface area contributed by atoms with E-state index in [4.69, 9.17) is 4.65 Å². The third-order valence-corrected chi connectivity index (χ3v) is 6.64. The minimum absolute atomic E-state index is 0.477. The molecule has 1 N–H and O–H groups in total. The number of rotatable bonds is 4. The number of aromatic nitrogens is 1. The molecule has 2 heterocycles. The lowest BCUT2D eigenvalue weighted by molar-refractivity contribution is -0.0893. The van der Waals surface area contributed by atoms with Gasteiger partial charge < -0.3 is 14.2 Å². The van der Waals surface area contributed by atoms with E-state index in [-0.39, 0.29) is 0 Å². The van der Waals surface area contributed by atoms with Crippen LogP contribution in [0.5, 0.6) is 0 Å². The van der Waals surface area contributed by atoms with Crippen molar-refractivity contribution in [1.29, 1.82) is 0 Å². The predicted octanol–water partition coefficient (Wildman–Crippen LogP) is 3.23. The second-order valence-electron chi connectivity index (χ2n) is 9.05. The molecule has 1 aliphatic carbocycles. The Kier molecular flexibility index (Phi) is 3.72. The summed E-state index contributed by atoms with van der Waals surface area (Å²) in [6, 6.07) is 15.4. The minimum atomic E-state index is -0.906. The molecule has 2 aromatic heterocycles. The molecule has 5 rings (SSSR count). The summed E-state index contributed by atoms with van der Waals surface area (Å²) in [4.78, 5) is 0. The van der Waals surface area contributed by atoms with Crippen molar-refractivity contribution in [2.75, 3.05) is 0 Å². The van der Waals surface area contributed by atoms with Gasteiger partial charge in [0.15, 0.2) is 0 Å². The van der Waals surface area contributed by atoms with Crippen molar-refractivity contribution in [3.05, 3.63) is 53.2 Å². The Labute approximate surface area is 165 Å². The molecule has 0 spiro atoms. The molecule has 0 saturated carbocycles. The van der Waals surface area contributed by atoms with Crippen LogP contribution in [0.2, 0.25) is 0 Å². The molecule has 4 aromatic rings. The van der Waals surface area contributed by atoms with Crippen LogP contribution in [0.3, 0.4) is 0 Å². The lowest BCUT2D eigenvalue weighted by Crippen LogP contribution is -2.49. The number of aliphatic hydroxyl groups is 1. The molecule has 0 amide bonds. The van der Waals surface area contributed by atoms with Gasteiger partial charge in [-0.3, -0.25) is 0 Å². The Balaban J connectivity index is 1.68. The summed E-state index contributed by atoms with van der Waals surface area (Å²) in [6.07, 6.45) is 4.59. The summed E-state index contributed by atoms with van der Waals surface area (Å²) < 4.78 is 8.54. The zero-order valence-corrected chi connectivity index (χ0v) is 17.0. The fraction of sp³-hybridized carbons (Fsp3) is 0.333. The molecular formula is C24H26BNO2. The first-order chi connectivity index (χ1) is 13.3. The normalized spacial score (nSPS) is 14.8. The van der Waals surface area contributed by atoms with E-state index in [1.54, 1.807) is 13.8 Å². The van der Waals surface area contributed by atoms with Gasteiger partial charge in [0.2, 0.25) is 0 Å². The maximum Gasteiger partial charge on any atom is 0.309 e. The summed E-state index contributed by atoms with van der Waals surface area (Å²) in [5, 5.41) is 14.4. The molecule has 0 unspecified atom stereocenters. The molecule has 3 nitrogen and oxygen atoms in total. The zero-order valence-electron chi connectivity index (χ0n) is 17.0. The molecule has 0 fully saturated rings. The third kappa shape index (κ3) is 2.44. The van der Waals surface area contributed by atoms with Crippen LogP contribution in [-0.4, -0.2) is 28.2 Å². The molecule has 0 saturated heterocycles. The van der Waals surface area contributed by atoms with Crippen LogP contribution in [-0.2, 0) is 11.1 Å². The van der Waals surface area contributed by atoms with E-state index < -0.39 is 11.2 Å². The van der Waals surface area contributed by atoms with Gasteiger partial charge in [-0.1, -0.05) is 41.9 Å². The quantitative estimate of drug-likeness (QED) is 0.559. The van der Waals surface area contributed by atoms with Gasteiger partial charge in [-0.05, 0) is 58.2 Å². The van der Waals surface area contributed by atoms with E-state index in [0.717, 1.165) is 18.3 Å². The summed E-state index contributed by atoms with van der Waals surface area (Å²) in [5.41, 5.74) is 4.97. The number of nitrogens with zero attached hydrogens (tertiary/aromatic N) is 1. The highest BCUT2D eigenvalue weighted by Crippen LogP contribution is 2.32. The van der Waals surface area contributed by atoms with Gasteiger partial charge in [0, 0.05) is 16.0 Å². The molecule has 0 atom stereocenters. The number of fused-ring (bicyclic) bond motifs is 6. The van der Waals surface area contributed by atoms with Crippen LogP contribution in [0.1, 0.15) is 39.7 Å². The highest BCUT2D eigenvalue weighted by Gasteiger charge is 2.35. The van der Waals surface area contributed by atoms with Gasteiger partial charge in [-0.2, -0.15) is 0 Å². The van der Waals surface area contributed by atoms with Gasteiger partial charge in [0.05, 0.1) is 27.8 Å². The molecule has 1 aliphatic rings. The Morgan fingerprint density at radius 2 is 1.79 bits per heavy atom. The second kappa shape index (κ2) is 5.85. The van der Waals surface area contributed by atoms with Gasteiger partial charge in [-0.15, -0.1) is 0 Å². The molecule has 4 heteroatoms. The third-order valence-electron chi connectivity index (χ3n) is 6.64. The van der Waals surface area contributed by atoms with E-state index in [1.807, 2.05) is 13.8 Å². The highest BCUT2D eigenvalue weighted by atomic mass is 16.5. The average molecular weight is 371 g/mol. The number of benzene rings is 2. The molecule has 0 radical (unpaired) electrons. The van der Waals surface area contributed by atoms with Crippen LogP contribution in [0, 0.1) is 0 Å². The number of hydrogen-bond donors (Lipinski definition) is 1. The lowest BCUT2D eigenvalue weighted by Gasteiger charge is -2.37. The predicted molar refractivity (Wildman–Crippen MR) is 119 cm³/mol. The van der Waals surface area contributed by atoms with E-state index in [9.17, 15) is 5.11 Å². The van der Waals surface area contributed by atoms with Crippen LogP contribution in [0.4, 0.5) is 0 Å². The number of hydrogen-bond acceptors (Lipinski definition) is 2. The Morgan fingerprint density at radius 3 is 2.57 bits per heavy atom. The maximum absolute atomic E-state index is 10.4. The Hall–Kier alpha value is -2.30. The van der Waals surface area contributed by atoms with E-state index >= 15 is 0 Å². The van der Waals surface area contributed by atoms with Crippen LogP contribution in [0.15, 0.2) is 42.5 Å². The largest absolute Gasteiger partial charge is 0.427 e. The minimum Gasteiger partial charge on any atom is -0.427 e. The number of para-hydroxylation sites is 1. The van der Waals surface area contributed by atoms with E-state index in [0.29, 0.717) is 7.48 Å². The van der Waals surface area contributed by atoms with E-state index in [1.165, 1.54) is 38.1 Å². The van der Waals surface area contributed by atoms with Crippen molar-refractivity contribution in [3.63, 3.8) is 0 Å². The number of aryl methyl sites for hydroxylation is 1.